The lowest BCUT2D eigenvalue weighted by Gasteiger charge is -2.29. The first-order valence-corrected chi connectivity index (χ1v) is 19.2. The third-order valence-electron chi connectivity index (χ3n) is 10.3. The zero-order valence-corrected chi connectivity index (χ0v) is 30.6. The Morgan fingerprint density at radius 2 is 1.92 bits per heavy atom. The molecule has 2 amide bonds. The molecule has 1 saturated carbocycles. The number of benzene rings is 3. The van der Waals surface area contributed by atoms with Gasteiger partial charge in [0.25, 0.3) is 11.1 Å². The highest BCUT2D eigenvalue weighted by Gasteiger charge is 2.61. The van der Waals surface area contributed by atoms with Gasteiger partial charge in [-0.1, -0.05) is 100 Å². The van der Waals surface area contributed by atoms with E-state index in [4.69, 9.17) is 9.57 Å². The topological polar surface area (TPSA) is 97.8 Å². The van der Waals surface area contributed by atoms with E-state index in [9.17, 15) is 14.4 Å². The van der Waals surface area contributed by atoms with Crippen LogP contribution in [-0.4, -0.2) is 46.2 Å². The van der Waals surface area contributed by atoms with Crippen LogP contribution in [0, 0.1) is 24.2 Å². The van der Waals surface area contributed by atoms with Crippen molar-refractivity contribution in [2.75, 3.05) is 6.54 Å². The molecule has 5 atom stereocenters. The molecule has 1 saturated heterocycles. The molecule has 3 aromatic carbocycles. The fourth-order valence-electron chi connectivity index (χ4n) is 7.52. The van der Waals surface area contributed by atoms with E-state index in [1.807, 2.05) is 42.5 Å². The summed E-state index contributed by atoms with van der Waals surface area (Å²) >= 11 is 4.98. The molecule has 2 aliphatic heterocycles. The van der Waals surface area contributed by atoms with Gasteiger partial charge in [-0.3, -0.25) is 14.4 Å². The summed E-state index contributed by atoms with van der Waals surface area (Å²) in [6.45, 7) is 2.36. The molecular weight excluding hydrogens is 714 g/mol. The van der Waals surface area contributed by atoms with E-state index in [2.05, 4.69) is 63.7 Å². The van der Waals surface area contributed by atoms with Gasteiger partial charge in [0.1, 0.15) is 6.10 Å². The fraction of sp³-hybridized carbons (Fsp3) is 0.400. The zero-order chi connectivity index (χ0) is 34.7. The summed E-state index contributed by atoms with van der Waals surface area (Å²) in [5, 5.41) is 0.517. The summed E-state index contributed by atoms with van der Waals surface area (Å²) in [5.41, 5.74) is 4.82. The van der Waals surface area contributed by atoms with Crippen molar-refractivity contribution in [2.45, 2.75) is 76.9 Å². The normalized spacial score (nSPS) is 26.3. The number of ketones is 1. The molecule has 3 heterocycles. The number of nitrogens with zero attached hydrogens (tertiary/aromatic N) is 2. The number of carbonyl (C=O) groups excluding carboxylic acids is 3. The van der Waals surface area contributed by atoms with Crippen molar-refractivity contribution in [3.8, 4) is 10.9 Å². The Labute approximate surface area is 305 Å². The number of ether oxygens (including phenoxy) is 1. The molecule has 1 aliphatic carbocycles. The maximum atomic E-state index is 14.6. The number of thiazole rings is 1. The van der Waals surface area contributed by atoms with Crippen LogP contribution in [0.3, 0.4) is 0 Å². The van der Waals surface area contributed by atoms with Gasteiger partial charge in [0.05, 0.1) is 28.2 Å². The molecular formula is C40H42BrN3O5S. The predicted octanol–water partition coefficient (Wildman–Crippen LogP) is 8.17. The van der Waals surface area contributed by atoms with Crippen molar-refractivity contribution < 1.29 is 24.0 Å². The van der Waals surface area contributed by atoms with Crippen LogP contribution in [0.2, 0.25) is 0 Å². The van der Waals surface area contributed by atoms with E-state index in [1.54, 1.807) is 17.0 Å². The van der Waals surface area contributed by atoms with E-state index in [-0.39, 0.29) is 35.9 Å². The highest BCUT2D eigenvalue weighted by molar-refractivity contribution is 9.10. The SMILES string of the molecule is Cc1cccc(C[C@H]2CCCCC/C=C\[C@@H]3C[C@@]3(C(=O)NOc3ccccc3)CC(=O)[C@@H]3C[C@@H](Oc4nc5ccc(Br)cc5s4)CN3C2=O)c1. The molecule has 0 unspecified atom stereocenters. The Hall–Kier alpha value is -4.02. The highest BCUT2D eigenvalue weighted by atomic mass is 79.9. The van der Waals surface area contributed by atoms with Crippen LogP contribution >= 0.6 is 27.3 Å². The molecule has 0 spiro atoms. The molecule has 50 heavy (non-hydrogen) atoms. The second kappa shape index (κ2) is 15.1. The number of amides is 2. The zero-order valence-electron chi connectivity index (χ0n) is 28.2. The van der Waals surface area contributed by atoms with Crippen molar-refractivity contribution >= 4 is 55.1 Å². The van der Waals surface area contributed by atoms with Crippen LogP contribution in [-0.2, 0) is 20.8 Å². The highest BCUT2D eigenvalue weighted by Crippen LogP contribution is 2.57. The number of para-hydroxylation sites is 1. The number of Topliss-reactive ketones (excluding diaryl/α,β-unsaturated/α-hetero) is 1. The van der Waals surface area contributed by atoms with Gasteiger partial charge in [0.2, 0.25) is 5.91 Å². The fourth-order valence-corrected chi connectivity index (χ4v) is 8.95. The number of hydrogen-bond donors (Lipinski definition) is 1. The van der Waals surface area contributed by atoms with Crippen LogP contribution in [0.4, 0.5) is 0 Å². The third-order valence-corrected chi connectivity index (χ3v) is 11.7. The van der Waals surface area contributed by atoms with Gasteiger partial charge < -0.3 is 14.5 Å². The monoisotopic (exact) mass is 755 g/mol. The number of aromatic nitrogens is 1. The number of carbonyl (C=O) groups is 3. The lowest BCUT2D eigenvalue weighted by atomic mass is 9.89. The molecule has 2 fully saturated rings. The first kappa shape index (κ1) is 34.4. The predicted molar refractivity (Wildman–Crippen MR) is 198 cm³/mol. The summed E-state index contributed by atoms with van der Waals surface area (Å²) in [6.07, 6.45) is 9.96. The second-order valence-corrected chi connectivity index (χ2v) is 15.9. The maximum Gasteiger partial charge on any atom is 0.274 e. The molecule has 260 valence electrons. The van der Waals surface area contributed by atoms with Crippen molar-refractivity contribution in [3.05, 3.63) is 101 Å². The lowest BCUT2D eigenvalue weighted by molar-refractivity contribution is -0.143. The summed E-state index contributed by atoms with van der Waals surface area (Å²) < 4.78 is 8.39. The second-order valence-electron chi connectivity index (χ2n) is 14.0. The lowest BCUT2D eigenvalue weighted by Crippen LogP contribution is -2.46. The number of nitrogens with one attached hydrogen (secondary N) is 1. The molecule has 10 heteroatoms. The minimum absolute atomic E-state index is 0.0181. The average molecular weight is 757 g/mol. The van der Waals surface area contributed by atoms with Crippen molar-refractivity contribution in [2.24, 2.45) is 17.3 Å². The molecule has 1 aromatic heterocycles. The van der Waals surface area contributed by atoms with Crippen molar-refractivity contribution in [1.82, 2.24) is 15.4 Å². The summed E-state index contributed by atoms with van der Waals surface area (Å²) in [7, 11) is 0. The van der Waals surface area contributed by atoms with Gasteiger partial charge >= 0.3 is 0 Å². The molecule has 0 radical (unpaired) electrons. The standard InChI is InChI=1S/C40H42BrN3O5S/c1-26-11-10-12-27(19-26)20-28-13-6-3-2-4-7-14-29-23-40(29,38(47)43-49-31-15-8-5-9-16-31)24-35(45)34-22-32(25-44(34)37(28)46)48-39-42-33-18-17-30(41)21-36(33)50-39/h5,7-12,14-19,21,28-29,32,34H,2-4,6,13,20,22-25H2,1H3,(H,43,47)/b14-7-/t28-,29-,32-,34+,40-/m1/s1. The quantitative estimate of drug-likeness (QED) is 0.151. The molecule has 8 nitrogen and oxygen atoms in total. The number of allylic oxidation sites excluding steroid dienone is 2. The number of halogens is 1. The Kier molecular flexibility index (Phi) is 10.4. The molecule has 1 N–H and O–H groups in total. The Morgan fingerprint density at radius 3 is 2.76 bits per heavy atom. The third kappa shape index (κ3) is 7.81. The van der Waals surface area contributed by atoms with Crippen LogP contribution in [0.5, 0.6) is 10.9 Å². The molecule has 4 aromatic rings. The number of rotatable bonds is 7. The number of fused-ring (bicyclic) bond motifs is 3. The van der Waals surface area contributed by atoms with Crippen molar-refractivity contribution in [3.63, 3.8) is 0 Å². The summed E-state index contributed by atoms with van der Waals surface area (Å²) in [4.78, 5) is 55.0. The van der Waals surface area contributed by atoms with Gasteiger partial charge in [-0.15, -0.1) is 0 Å². The molecule has 0 bridgehead atoms. The van der Waals surface area contributed by atoms with Crippen molar-refractivity contribution in [1.29, 1.82) is 0 Å². The van der Waals surface area contributed by atoms with Gasteiger partial charge in [-0.25, -0.2) is 4.98 Å². The molecule has 7 rings (SSSR count). The van der Waals surface area contributed by atoms with E-state index in [1.165, 1.54) is 11.3 Å². The first-order chi connectivity index (χ1) is 24.3. The van der Waals surface area contributed by atoms with Crippen LogP contribution in [0.25, 0.3) is 10.2 Å². The Balaban J connectivity index is 1.16. The molecule has 3 aliphatic rings. The van der Waals surface area contributed by atoms with Gasteiger partial charge in [0.15, 0.2) is 11.5 Å². The Morgan fingerprint density at radius 1 is 1.06 bits per heavy atom. The summed E-state index contributed by atoms with van der Waals surface area (Å²) in [5.74, 6) is -0.276. The van der Waals surface area contributed by atoms with Crippen LogP contribution in [0.1, 0.15) is 62.5 Å². The van der Waals surface area contributed by atoms with Gasteiger partial charge in [0, 0.05) is 23.2 Å². The first-order valence-electron chi connectivity index (χ1n) is 17.6. The number of hydrogen-bond acceptors (Lipinski definition) is 7. The average Bonchev–Trinajstić information content (AvgIpc) is 3.40. The minimum Gasteiger partial charge on any atom is -0.465 e. The number of hydroxylamine groups is 1. The van der Waals surface area contributed by atoms with E-state index in [0.717, 1.165) is 57.9 Å². The van der Waals surface area contributed by atoms with E-state index >= 15 is 0 Å². The van der Waals surface area contributed by atoms with Crippen LogP contribution in [0.15, 0.2) is 89.4 Å². The van der Waals surface area contributed by atoms with Gasteiger partial charge in [-0.2, -0.15) is 5.48 Å². The largest absolute Gasteiger partial charge is 0.465 e. The minimum atomic E-state index is -0.933. The van der Waals surface area contributed by atoms with Crippen LogP contribution < -0.4 is 15.1 Å². The van der Waals surface area contributed by atoms with E-state index in [0.29, 0.717) is 36.8 Å². The summed E-state index contributed by atoms with van der Waals surface area (Å²) in [6, 6.07) is 22.6. The number of aryl methyl sites for hydroxylation is 1. The Bertz CT molecular complexity index is 1900. The van der Waals surface area contributed by atoms with Gasteiger partial charge in [-0.05, 0) is 80.8 Å². The maximum absolute atomic E-state index is 14.6. The van der Waals surface area contributed by atoms with E-state index < -0.39 is 17.6 Å². The smallest absolute Gasteiger partial charge is 0.274 e.